The van der Waals surface area contributed by atoms with E-state index in [1.54, 1.807) is 29.2 Å². The van der Waals surface area contributed by atoms with Gasteiger partial charge in [0, 0.05) is 12.0 Å². The Morgan fingerprint density at radius 1 is 0.649 bits per heavy atom. The Bertz CT molecular complexity index is 1500. The van der Waals surface area contributed by atoms with Crippen molar-refractivity contribution in [2.24, 2.45) is 0 Å². The molecule has 2 amide bonds. The maximum Gasteiger partial charge on any atom is 0.334 e. The summed E-state index contributed by atoms with van der Waals surface area (Å²) in [6, 6.07) is 36.6. The maximum absolute atomic E-state index is 14.1. The Morgan fingerprint density at radius 2 is 1.14 bits per heavy atom. The lowest BCUT2D eigenvalue weighted by Crippen LogP contribution is -2.40. The SMILES string of the molecule is Cc1ccc(S(=O)(=O)N2CC3(c4ccccc4)CC(c4ccccc4)(c4ccccc4)CN3C2=O)cc1. The zero-order chi connectivity index (χ0) is 25.7. The van der Waals surface area contributed by atoms with Gasteiger partial charge < -0.3 is 4.90 Å². The number of carbonyl (C=O) groups excluding carboxylic acids is 1. The summed E-state index contributed by atoms with van der Waals surface area (Å²) in [4.78, 5) is 16.0. The molecule has 2 aliphatic rings. The molecule has 4 aromatic rings. The van der Waals surface area contributed by atoms with E-state index in [1.165, 1.54) is 0 Å². The zero-order valence-electron chi connectivity index (χ0n) is 20.6. The molecular formula is C31H28N2O3S. The number of fused-ring (bicyclic) bond motifs is 1. The monoisotopic (exact) mass is 508 g/mol. The number of aryl methyl sites for hydroxylation is 1. The van der Waals surface area contributed by atoms with Crippen LogP contribution in [-0.2, 0) is 21.0 Å². The van der Waals surface area contributed by atoms with Crippen LogP contribution < -0.4 is 0 Å². The van der Waals surface area contributed by atoms with Crippen molar-refractivity contribution in [2.45, 2.75) is 29.2 Å². The van der Waals surface area contributed by atoms with Gasteiger partial charge in [0.05, 0.1) is 17.0 Å². The highest BCUT2D eigenvalue weighted by atomic mass is 32.2. The summed E-state index contributed by atoms with van der Waals surface area (Å²) < 4.78 is 28.6. The Balaban J connectivity index is 1.52. The lowest BCUT2D eigenvalue weighted by molar-refractivity contribution is 0.186. The predicted molar refractivity (Wildman–Crippen MR) is 144 cm³/mol. The summed E-state index contributed by atoms with van der Waals surface area (Å²) in [5.41, 5.74) is 2.86. The van der Waals surface area contributed by atoms with Gasteiger partial charge in [0.25, 0.3) is 10.0 Å². The van der Waals surface area contributed by atoms with Gasteiger partial charge in [-0.3, -0.25) is 0 Å². The van der Waals surface area contributed by atoms with Crippen molar-refractivity contribution in [3.63, 3.8) is 0 Å². The third kappa shape index (κ3) is 3.58. The van der Waals surface area contributed by atoms with E-state index in [1.807, 2.05) is 73.7 Å². The van der Waals surface area contributed by atoms with Crippen molar-refractivity contribution in [1.82, 2.24) is 9.21 Å². The van der Waals surface area contributed by atoms with Crippen molar-refractivity contribution in [3.05, 3.63) is 138 Å². The van der Waals surface area contributed by atoms with Gasteiger partial charge in [-0.1, -0.05) is 109 Å². The molecule has 0 N–H and O–H groups in total. The number of hydrogen-bond acceptors (Lipinski definition) is 3. The normalized spacial score (nSPS) is 20.7. The molecule has 1 atom stereocenters. The van der Waals surface area contributed by atoms with Crippen molar-refractivity contribution < 1.29 is 13.2 Å². The Hall–Kier alpha value is -3.90. The number of urea groups is 1. The van der Waals surface area contributed by atoms with Crippen LogP contribution in [0.4, 0.5) is 4.79 Å². The van der Waals surface area contributed by atoms with E-state index in [4.69, 9.17) is 0 Å². The maximum atomic E-state index is 14.1. The fraction of sp³-hybridized carbons (Fsp3) is 0.194. The number of rotatable bonds is 5. The smallest absolute Gasteiger partial charge is 0.311 e. The molecule has 186 valence electrons. The minimum atomic E-state index is -4.02. The fourth-order valence-electron chi connectivity index (χ4n) is 6.09. The average molecular weight is 509 g/mol. The molecule has 2 fully saturated rings. The van der Waals surface area contributed by atoms with E-state index >= 15 is 0 Å². The molecule has 0 aliphatic carbocycles. The lowest BCUT2D eigenvalue weighted by atomic mass is 9.69. The molecule has 1 unspecified atom stereocenters. The van der Waals surface area contributed by atoms with Gasteiger partial charge in [-0.05, 0) is 42.2 Å². The summed E-state index contributed by atoms with van der Waals surface area (Å²) in [7, 11) is -4.02. The van der Waals surface area contributed by atoms with E-state index < -0.39 is 27.0 Å². The molecule has 0 aromatic heterocycles. The molecule has 0 radical (unpaired) electrons. The number of hydrogen-bond donors (Lipinski definition) is 0. The number of sulfonamides is 1. The summed E-state index contributed by atoms with van der Waals surface area (Å²) in [6.45, 7) is 2.35. The average Bonchev–Trinajstić information content (AvgIpc) is 3.44. The summed E-state index contributed by atoms with van der Waals surface area (Å²) >= 11 is 0. The van der Waals surface area contributed by atoms with Gasteiger partial charge in [-0.2, -0.15) is 0 Å². The van der Waals surface area contributed by atoms with E-state index in [0.29, 0.717) is 13.0 Å². The summed E-state index contributed by atoms with van der Waals surface area (Å²) in [5, 5.41) is 0. The molecule has 0 spiro atoms. The zero-order valence-corrected chi connectivity index (χ0v) is 21.4. The summed E-state index contributed by atoms with van der Waals surface area (Å²) in [6.07, 6.45) is 0.573. The number of carbonyl (C=O) groups is 1. The first-order valence-corrected chi connectivity index (χ1v) is 13.9. The summed E-state index contributed by atoms with van der Waals surface area (Å²) in [5.74, 6) is 0. The van der Waals surface area contributed by atoms with Crippen LogP contribution in [0.2, 0.25) is 0 Å². The largest absolute Gasteiger partial charge is 0.334 e. The first-order valence-electron chi connectivity index (χ1n) is 12.4. The molecule has 0 saturated carbocycles. The van der Waals surface area contributed by atoms with E-state index in [2.05, 4.69) is 24.3 Å². The Labute approximate surface area is 218 Å². The van der Waals surface area contributed by atoms with E-state index in [0.717, 1.165) is 26.6 Å². The highest BCUT2D eigenvalue weighted by Crippen LogP contribution is 2.56. The number of amides is 2. The standard InChI is InChI=1S/C31H28N2O3S/c1-24-17-19-28(20-18-24)37(35,36)33-23-31(27-15-9-4-10-16-27)21-30(22-32(31)29(33)34,25-11-5-2-6-12-25)26-13-7-3-8-14-26/h2-20H,21-23H2,1H3. The highest BCUT2D eigenvalue weighted by Gasteiger charge is 2.64. The van der Waals surface area contributed by atoms with Crippen LogP contribution in [0.3, 0.4) is 0 Å². The van der Waals surface area contributed by atoms with Crippen LogP contribution in [0, 0.1) is 6.92 Å². The molecule has 5 nitrogen and oxygen atoms in total. The van der Waals surface area contributed by atoms with Crippen LogP contribution in [-0.4, -0.2) is 36.7 Å². The molecule has 0 bridgehead atoms. The second-order valence-electron chi connectivity index (χ2n) is 10.1. The first-order chi connectivity index (χ1) is 17.9. The topological polar surface area (TPSA) is 57.7 Å². The highest BCUT2D eigenvalue weighted by molar-refractivity contribution is 7.89. The second-order valence-corrected chi connectivity index (χ2v) is 11.9. The molecule has 2 heterocycles. The molecule has 37 heavy (non-hydrogen) atoms. The van der Waals surface area contributed by atoms with Gasteiger partial charge in [0.15, 0.2) is 0 Å². The van der Waals surface area contributed by atoms with Crippen molar-refractivity contribution >= 4 is 16.1 Å². The van der Waals surface area contributed by atoms with E-state index in [9.17, 15) is 13.2 Å². The Kier molecular flexibility index (Phi) is 5.46. The molecule has 4 aromatic carbocycles. The van der Waals surface area contributed by atoms with Crippen LogP contribution in [0.25, 0.3) is 0 Å². The predicted octanol–water partition coefficient (Wildman–Crippen LogP) is 5.71. The van der Waals surface area contributed by atoms with Crippen LogP contribution in [0.5, 0.6) is 0 Å². The fourth-order valence-corrected chi connectivity index (χ4v) is 7.52. The van der Waals surface area contributed by atoms with E-state index in [-0.39, 0.29) is 11.4 Å². The minimum absolute atomic E-state index is 0.0630. The number of benzene rings is 4. The van der Waals surface area contributed by atoms with Crippen molar-refractivity contribution in [3.8, 4) is 0 Å². The molecular weight excluding hydrogens is 480 g/mol. The molecule has 2 saturated heterocycles. The molecule has 2 aliphatic heterocycles. The lowest BCUT2D eigenvalue weighted by Gasteiger charge is -2.34. The van der Waals surface area contributed by atoms with Crippen LogP contribution in [0.15, 0.2) is 120 Å². The molecule has 6 rings (SSSR count). The van der Waals surface area contributed by atoms with Gasteiger partial charge >= 0.3 is 6.03 Å². The third-order valence-electron chi connectivity index (χ3n) is 7.96. The van der Waals surface area contributed by atoms with Gasteiger partial charge in [0.2, 0.25) is 0 Å². The minimum Gasteiger partial charge on any atom is -0.311 e. The van der Waals surface area contributed by atoms with Crippen LogP contribution >= 0.6 is 0 Å². The first kappa shape index (κ1) is 23.5. The molecule has 6 heteroatoms. The third-order valence-corrected chi connectivity index (χ3v) is 9.69. The Morgan fingerprint density at radius 3 is 1.65 bits per heavy atom. The quantitative estimate of drug-likeness (QED) is 0.347. The number of nitrogens with zero attached hydrogens (tertiary/aromatic N) is 2. The van der Waals surface area contributed by atoms with Crippen molar-refractivity contribution in [2.75, 3.05) is 13.1 Å². The van der Waals surface area contributed by atoms with Gasteiger partial charge in [-0.15, -0.1) is 0 Å². The van der Waals surface area contributed by atoms with Crippen molar-refractivity contribution in [1.29, 1.82) is 0 Å². The second kappa shape index (κ2) is 8.60. The van der Waals surface area contributed by atoms with Gasteiger partial charge in [-0.25, -0.2) is 17.5 Å². The van der Waals surface area contributed by atoms with Crippen LogP contribution in [0.1, 0.15) is 28.7 Å². The van der Waals surface area contributed by atoms with Gasteiger partial charge in [0.1, 0.15) is 0 Å².